The van der Waals surface area contributed by atoms with Crippen molar-refractivity contribution in [3.05, 3.63) is 68.6 Å². The number of aromatic amines is 1. The van der Waals surface area contributed by atoms with E-state index < -0.39 is 47.3 Å². The number of imide groups is 1. The smallest absolute Gasteiger partial charge is 0.323 e. The highest BCUT2D eigenvalue weighted by Crippen LogP contribution is 2.53. The van der Waals surface area contributed by atoms with Gasteiger partial charge in [-0.3, -0.25) is 28.9 Å². The Morgan fingerprint density at radius 3 is 2.53 bits per heavy atom. The molecule has 3 atom stereocenters. The number of nitrogens with one attached hydrogen (secondary N) is 2. The van der Waals surface area contributed by atoms with Crippen LogP contribution in [0.25, 0.3) is 0 Å². The summed E-state index contributed by atoms with van der Waals surface area (Å²) in [7, 11) is 1.54. The minimum atomic E-state index is -1.30. The zero-order valence-corrected chi connectivity index (χ0v) is 21.5. The van der Waals surface area contributed by atoms with Gasteiger partial charge in [0.2, 0.25) is 11.8 Å². The van der Waals surface area contributed by atoms with Gasteiger partial charge in [-0.2, -0.15) is 0 Å². The fourth-order valence-electron chi connectivity index (χ4n) is 4.58. The number of thiazole rings is 1. The number of carbonyl (C=O) groups is 4. The van der Waals surface area contributed by atoms with Gasteiger partial charge in [-0.25, -0.2) is 0 Å². The number of carboxylic acid groups (broad SMARTS) is 1. The summed E-state index contributed by atoms with van der Waals surface area (Å²) in [5.41, 5.74) is 1.06. The maximum absolute atomic E-state index is 13.3. The summed E-state index contributed by atoms with van der Waals surface area (Å²) < 4.78 is 11.0. The Bertz CT molecular complexity index is 1480. The number of para-hydroxylation sites is 1. The van der Waals surface area contributed by atoms with Crippen LogP contribution in [0.15, 0.2) is 58.4 Å². The van der Waals surface area contributed by atoms with Gasteiger partial charge in [0.05, 0.1) is 18.1 Å². The van der Waals surface area contributed by atoms with E-state index in [0.717, 1.165) is 28.0 Å². The van der Waals surface area contributed by atoms with Crippen molar-refractivity contribution in [3.8, 4) is 11.5 Å². The van der Waals surface area contributed by atoms with Crippen LogP contribution in [0.4, 0.5) is 5.69 Å². The van der Waals surface area contributed by atoms with E-state index in [1.165, 1.54) is 0 Å². The molecule has 3 N–H and O–H groups in total. The van der Waals surface area contributed by atoms with E-state index >= 15 is 0 Å². The van der Waals surface area contributed by atoms with Gasteiger partial charge in [-0.15, -0.1) is 0 Å². The van der Waals surface area contributed by atoms with Crippen LogP contribution in [-0.2, 0) is 19.2 Å². The SMILES string of the molecule is COc1ccc(NC(=O)COc2ccccc2[C@H]2c3sc(=O)[nH]c3SC3C(=O)N(CC(=O)O)C(=O)C32)cc1. The van der Waals surface area contributed by atoms with E-state index in [1.54, 1.807) is 55.6 Å². The molecule has 3 heterocycles. The summed E-state index contributed by atoms with van der Waals surface area (Å²) in [6.07, 6.45) is 0. The van der Waals surface area contributed by atoms with Gasteiger partial charge in [-0.05, 0) is 30.3 Å². The number of aromatic nitrogens is 1. The molecule has 1 aromatic heterocycles. The monoisotopic (exact) mass is 555 g/mol. The van der Waals surface area contributed by atoms with Gasteiger partial charge < -0.3 is 24.9 Å². The lowest BCUT2D eigenvalue weighted by molar-refractivity contribution is -0.149. The van der Waals surface area contributed by atoms with Crippen LogP contribution in [0.1, 0.15) is 16.4 Å². The van der Waals surface area contributed by atoms with Gasteiger partial charge in [0.1, 0.15) is 23.3 Å². The molecular weight excluding hydrogens is 534 g/mol. The summed E-state index contributed by atoms with van der Waals surface area (Å²) in [5, 5.41) is 11.5. The second-order valence-electron chi connectivity index (χ2n) is 8.51. The van der Waals surface area contributed by atoms with Crippen LogP contribution in [0, 0.1) is 5.92 Å². The fourth-order valence-corrected chi connectivity index (χ4v) is 7.11. The average molecular weight is 556 g/mol. The van der Waals surface area contributed by atoms with Crippen molar-refractivity contribution in [2.45, 2.75) is 16.2 Å². The highest BCUT2D eigenvalue weighted by molar-refractivity contribution is 8.00. The zero-order chi connectivity index (χ0) is 27.0. The summed E-state index contributed by atoms with van der Waals surface area (Å²) in [4.78, 5) is 66.2. The molecule has 11 nitrogen and oxygen atoms in total. The number of thioether (sulfide) groups is 1. The normalized spacial score (nSPS) is 20.0. The number of hydrogen-bond acceptors (Lipinski definition) is 9. The van der Waals surface area contributed by atoms with Crippen LogP contribution in [0.5, 0.6) is 11.5 Å². The van der Waals surface area contributed by atoms with Crippen LogP contribution in [-0.4, -0.2) is 64.2 Å². The Hall–Kier alpha value is -4.10. The van der Waals surface area contributed by atoms with E-state index in [0.29, 0.717) is 32.7 Å². The number of methoxy groups -OCH3 is 1. The lowest BCUT2D eigenvalue weighted by Gasteiger charge is -2.30. The summed E-state index contributed by atoms with van der Waals surface area (Å²) in [6.45, 7) is -1.08. The molecule has 0 radical (unpaired) electrons. The van der Waals surface area contributed by atoms with Crippen molar-refractivity contribution in [3.63, 3.8) is 0 Å². The van der Waals surface area contributed by atoms with Crippen molar-refractivity contribution in [2.75, 3.05) is 25.6 Å². The summed E-state index contributed by atoms with van der Waals surface area (Å²) in [5.74, 6) is -3.72. The quantitative estimate of drug-likeness (QED) is 0.355. The van der Waals surface area contributed by atoms with Crippen molar-refractivity contribution in [1.82, 2.24) is 9.88 Å². The molecular formula is C25H21N3O8S2. The Balaban J connectivity index is 1.43. The van der Waals surface area contributed by atoms with Crippen molar-refractivity contribution in [1.29, 1.82) is 0 Å². The standard InChI is InChI=1S/C25H21N3O8S2/c1-35-13-8-6-12(7-9-13)26-16(29)11-36-15-5-3-2-4-14(15)18-19-21(37-22-20(18)38-25(34)27-22)24(33)28(23(19)32)10-17(30)31/h2-9,18-19,21H,10-11H2,1H3,(H,26,29)(H,27,34)(H,30,31)/t18-,19?,21?/m1/s1. The molecule has 196 valence electrons. The number of benzene rings is 2. The minimum Gasteiger partial charge on any atom is -0.497 e. The van der Waals surface area contributed by atoms with Crippen LogP contribution in [0.2, 0.25) is 0 Å². The Kier molecular flexibility index (Phi) is 6.95. The van der Waals surface area contributed by atoms with Gasteiger partial charge in [0.25, 0.3) is 5.91 Å². The molecule has 0 aliphatic carbocycles. The van der Waals surface area contributed by atoms with Gasteiger partial charge in [0.15, 0.2) is 6.61 Å². The average Bonchev–Trinajstić information content (AvgIpc) is 3.38. The maximum atomic E-state index is 13.3. The largest absolute Gasteiger partial charge is 0.497 e. The molecule has 1 saturated heterocycles. The van der Waals surface area contributed by atoms with E-state index in [1.807, 2.05) is 0 Å². The molecule has 0 bridgehead atoms. The Morgan fingerprint density at radius 2 is 1.82 bits per heavy atom. The number of nitrogens with zero attached hydrogens (tertiary/aromatic N) is 1. The third kappa shape index (κ3) is 4.77. The first-order valence-electron chi connectivity index (χ1n) is 11.4. The van der Waals surface area contributed by atoms with Crippen molar-refractivity contribution >= 4 is 52.5 Å². The first kappa shape index (κ1) is 25.5. The zero-order valence-electron chi connectivity index (χ0n) is 19.8. The summed E-state index contributed by atoms with van der Waals surface area (Å²) in [6, 6.07) is 13.6. The molecule has 13 heteroatoms. The third-order valence-electron chi connectivity index (χ3n) is 6.20. The highest BCUT2D eigenvalue weighted by atomic mass is 32.2. The second kappa shape index (κ2) is 10.3. The topological polar surface area (TPSA) is 155 Å². The Labute approximate surface area is 223 Å². The number of fused-ring (bicyclic) bond motifs is 2. The van der Waals surface area contributed by atoms with Gasteiger partial charge >= 0.3 is 10.8 Å². The molecule has 2 unspecified atom stereocenters. The number of amides is 3. The second-order valence-corrected chi connectivity index (χ2v) is 10.7. The molecule has 3 aromatic rings. The summed E-state index contributed by atoms with van der Waals surface area (Å²) >= 11 is 1.98. The fraction of sp³-hybridized carbons (Fsp3) is 0.240. The number of likely N-dealkylation sites (tertiary alicyclic amines) is 1. The molecule has 1 fully saturated rings. The number of H-pyrrole nitrogens is 1. The number of carbonyl (C=O) groups excluding carboxylic acids is 3. The molecule has 5 rings (SSSR count). The number of anilines is 1. The van der Waals surface area contributed by atoms with Crippen molar-refractivity contribution in [2.24, 2.45) is 5.92 Å². The predicted molar refractivity (Wildman–Crippen MR) is 138 cm³/mol. The van der Waals surface area contributed by atoms with E-state index in [9.17, 15) is 29.1 Å². The molecule has 3 amide bonds. The first-order chi connectivity index (χ1) is 18.3. The van der Waals surface area contributed by atoms with Gasteiger partial charge in [0, 0.05) is 22.0 Å². The Morgan fingerprint density at radius 1 is 1.08 bits per heavy atom. The molecule has 2 aromatic carbocycles. The van der Waals surface area contributed by atoms with E-state index in [2.05, 4.69) is 10.3 Å². The van der Waals surface area contributed by atoms with E-state index in [4.69, 9.17) is 9.47 Å². The highest BCUT2D eigenvalue weighted by Gasteiger charge is 2.56. The van der Waals surface area contributed by atoms with Crippen LogP contribution >= 0.6 is 23.1 Å². The number of rotatable bonds is 8. The van der Waals surface area contributed by atoms with Crippen LogP contribution < -0.4 is 19.7 Å². The molecule has 38 heavy (non-hydrogen) atoms. The maximum Gasteiger partial charge on any atom is 0.323 e. The molecule has 0 spiro atoms. The van der Waals surface area contributed by atoms with Crippen molar-refractivity contribution < 1.29 is 33.8 Å². The van der Waals surface area contributed by atoms with E-state index in [-0.39, 0.29) is 11.5 Å². The third-order valence-corrected chi connectivity index (χ3v) is 8.60. The number of carboxylic acids is 1. The number of aliphatic carboxylic acids is 1. The minimum absolute atomic E-state index is 0.303. The van der Waals surface area contributed by atoms with Crippen LogP contribution in [0.3, 0.4) is 0 Å². The lowest BCUT2D eigenvalue weighted by Crippen LogP contribution is -2.36. The first-order valence-corrected chi connectivity index (χ1v) is 13.1. The number of hydrogen-bond donors (Lipinski definition) is 3. The number of ether oxygens (including phenoxy) is 2. The predicted octanol–water partition coefficient (Wildman–Crippen LogP) is 2.14. The molecule has 0 saturated carbocycles. The van der Waals surface area contributed by atoms with Gasteiger partial charge in [-0.1, -0.05) is 41.3 Å². The molecule has 2 aliphatic heterocycles. The molecule has 2 aliphatic rings. The lowest BCUT2D eigenvalue weighted by atomic mass is 9.82.